The zero-order chi connectivity index (χ0) is 23.3. The van der Waals surface area contributed by atoms with E-state index in [1.807, 2.05) is 12.1 Å². The zero-order valence-electron chi connectivity index (χ0n) is 20.7. The summed E-state index contributed by atoms with van der Waals surface area (Å²) >= 11 is 0. The lowest BCUT2D eigenvalue weighted by Gasteiger charge is -2.30. The standard InChI is InChI=1S/C25H38N4O3.HI/c1-7-29(8-2)21(14-19-12-10-9-11-13-19)18-28-25(26-3)27-17-20-15-22(30-4)24(32-6)23(16-20)31-5;/h9-13,15-16,21H,7-8,14,17-18H2,1-6H3,(H2,26,27,28);1H. The van der Waals surface area contributed by atoms with Gasteiger partial charge in [0.2, 0.25) is 5.75 Å². The summed E-state index contributed by atoms with van der Waals surface area (Å²) in [6, 6.07) is 14.9. The lowest BCUT2D eigenvalue weighted by Crippen LogP contribution is -2.48. The third-order valence-electron chi connectivity index (χ3n) is 5.56. The van der Waals surface area contributed by atoms with Gasteiger partial charge in [0, 0.05) is 26.2 Å². The molecule has 0 amide bonds. The van der Waals surface area contributed by atoms with Crippen LogP contribution in [0.3, 0.4) is 0 Å². The third-order valence-corrected chi connectivity index (χ3v) is 5.56. The Balaban J connectivity index is 0.00000544. The van der Waals surface area contributed by atoms with Crippen LogP contribution in [-0.4, -0.2) is 64.9 Å². The summed E-state index contributed by atoms with van der Waals surface area (Å²) in [5.74, 6) is 2.61. The molecule has 184 valence electrons. The van der Waals surface area contributed by atoms with Crippen LogP contribution in [0, 0.1) is 0 Å². The molecule has 1 atom stereocenters. The quantitative estimate of drug-likeness (QED) is 0.229. The first-order valence-corrected chi connectivity index (χ1v) is 11.1. The van der Waals surface area contributed by atoms with Crippen LogP contribution in [0.25, 0.3) is 0 Å². The van der Waals surface area contributed by atoms with Crippen molar-refractivity contribution in [1.29, 1.82) is 0 Å². The van der Waals surface area contributed by atoms with Crippen LogP contribution < -0.4 is 24.8 Å². The lowest BCUT2D eigenvalue weighted by molar-refractivity contribution is 0.215. The number of guanidine groups is 1. The van der Waals surface area contributed by atoms with E-state index in [4.69, 9.17) is 14.2 Å². The van der Waals surface area contributed by atoms with Gasteiger partial charge in [-0.1, -0.05) is 44.2 Å². The molecule has 2 aromatic rings. The molecule has 0 aliphatic carbocycles. The van der Waals surface area contributed by atoms with E-state index >= 15 is 0 Å². The van der Waals surface area contributed by atoms with E-state index in [0.717, 1.165) is 37.6 Å². The molecule has 0 aliphatic heterocycles. The number of hydrogen-bond donors (Lipinski definition) is 2. The van der Waals surface area contributed by atoms with Gasteiger partial charge in [-0.05, 0) is 42.8 Å². The molecule has 1 unspecified atom stereocenters. The minimum atomic E-state index is 0. The first-order valence-electron chi connectivity index (χ1n) is 11.1. The van der Waals surface area contributed by atoms with Gasteiger partial charge in [0.05, 0.1) is 21.3 Å². The molecule has 0 saturated heterocycles. The highest BCUT2D eigenvalue weighted by Gasteiger charge is 2.17. The summed E-state index contributed by atoms with van der Waals surface area (Å²) in [4.78, 5) is 6.88. The van der Waals surface area contributed by atoms with Crippen molar-refractivity contribution >= 4 is 29.9 Å². The second-order valence-electron chi connectivity index (χ2n) is 7.41. The minimum absolute atomic E-state index is 0. The van der Waals surface area contributed by atoms with Gasteiger partial charge in [-0.25, -0.2) is 0 Å². The van der Waals surface area contributed by atoms with Crippen LogP contribution in [0.15, 0.2) is 47.5 Å². The van der Waals surface area contributed by atoms with E-state index in [2.05, 4.69) is 64.7 Å². The van der Waals surface area contributed by atoms with Gasteiger partial charge in [0.25, 0.3) is 0 Å². The molecule has 0 fully saturated rings. The minimum Gasteiger partial charge on any atom is -0.493 e. The fourth-order valence-corrected chi connectivity index (χ4v) is 3.81. The van der Waals surface area contributed by atoms with Gasteiger partial charge in [-0.3, -0.25) is 9.89 Å². The molecule has 0 aliphatic rings. The van der Waals surface area contributed by atoms with E-state index in [9.17, 15) is 0 Å². The Morgan fingerprint density at radius 3 is 2.00 bits per heavy atom. The monoisotopic (exact) mass is 570 g/mol. The number of rotatable bonds is 12. The fourth-order valence-electron chi connectivity index (χ4n) is 3.81. The number of ether oxygens (including phenoxy) is 3. The van der Waals surface area contributed by atoms with Gasteiger partial charge in [-0.2, -0.15) is 0 Å². The Hall–Kier alpha value is -2.20. The molecule has 0 spiro atoms. The molecule has 7 nitrogen and oxygen atoms in total. The number of methoxy groups -OCH3 is 3. The molecule has 2 rings (SSSR count). The van der Waals surface area contributed by atoms with Crippen LogP contribution in [0.5, 0.6) is 17.2 Å². The van der Waals surface area contributed by atoms with E-state index in [1.165, 1.54) is 5.56 Å². The van der Waals surface area contributed by atoms with Gasteiger partial charge >= 0.3 is 0 Å². The van der Waals surface area contributed by atoms with Gasteiger partial charge in [-0.15, -0.1) is 24.0 Å². The average Bonchev–Trinajstić information content (AvgIpc) is 2.84. The van der Waals surface area contributed by atoms with Gasteiger partial charge < -0.3 is 24.8 Å². The molecule has 0 radical (unpaired) electrons. The van der Waals surface area contributed by atoms with Crippen molar-refractivity contribution in [2.75, 3.05) is 48.0 Å². The second-order valence-corrected chi connectivity index (χ2v) is 7.41. The van der Waals surface area contributed by atoms with Crippen LogP contribution in [0.2, 0.25) is 0 Å². The molecule has 8 heteroatoms. The molecule has 0 heterocycles. The summed E-state index contributed by atoms with van der Waals surface area (Å²) in [5, 5.41) is 6.89. The highest BCUT2D eigenvalue weighted by atomic mass is 127. The molecule has 33 heavy (non-hydrogen) atoms. The normalized spacial score (nSPS) is 12.0. The Labute approximate surface area is 215 Å². The van der Waals surface area contributed by atoms with E-state index in [-0.39, 0.29) is 24.0 Å². The summed E-state index contributed by atoms with van der Waals surface area (Å²) < 4.78 is 16.3. The largest absolute Gasteiger partial charge is 0.493 e. The highest BCUT2D eigenvalue weighted by molar-refractivity contribution is 14.0. The summed E-state index contributed by atoms with van der Waals surface area (Å²) in [6.07, 6.45) is 0.986. The van der Waals surface area contributed by atoms with E-state index in [1.54, 1.807) is 28.4 Å². The van der Waals surface area contributed by atoms with Crippen molar-refractivity contribution < 1.29 is 14.2 Å². The number of aliphatic imine (C=N–C) groups is 1. The van der Waals surface area contributed by atoms with Crippen molar-refractivity contribution in [3.05, 3.63) is 53.6 Å². The number of likely N-dealkylation sites (N-methyl/N-ethyl adjacent to an activating group) is 1. The van der Waals surface area contributed by atoms with Crippen molar-refractivity contribution in [2.24, 2.45) is 4.99 Å². The highest BCUT2D eigenvalue weighted by Crippen LogP contribution is 2.38. The topological polar surface area (TPSA) is 67.4 Å². The second kappa shape index (κ2) is 15.6. The maximum absolute atomic E-state index is 5.45. The van der Waals surface area contributed by atoms with Gasteiger partial charge in [0.1, 0.15) is 0 Å². The number of hydrogen-bond acceptors (Lipinski definition) is 5. The smallest absolute Gasteiger partial charge is 0.203 e. The van der Waals surface area contributed by atoms with Crippen LogP contribution in [0.1, 0.15) is 25.0 Å². The van der Waals surface area contributed by atoms with Crippen LogP contribution in [0.4, 0.5) is 0 Å². The molecule has 0 aromatic heterocycles. The SMILES string of the molecule is CCN(CC)C(CNC(=NC)NCc1cc(OC)c(OC)c(OC)c1)Cc1ccccc1.I. The van der Waals surface area contributed by atoms with E-state index < -0.39 is 0 Å². The predicted molar refractivity (Wildman–Crippen MR) is 147 cm³/mol. The molecule has 0 saturated carbocycles. The zero-order valence-corrected chi connectivity index (χ0v) is 23.0. The maximum atomic E-state index is 5.45. The fraction of sp³-hybridized carbons (Fsp3) is 0.480. The van der Waals surface area contributed by atoms with Crippen molar-refractivity contribution in [3.63, 3.8) is 0 Å². The summed E-state index contributed by atoms with van der Waals surface area (Å²) in [5.41, 5.74) is 2.35. The Bertz CT molecular complexity index is 820. The number of nitrogens with zero attached hydrogens (tertiary/aromatic N) is 2. The molecule has 0 bridgehead atoms. The molecular weight excluding hydrogens is 531 g/mol. The van der Waals surface area contributed by atoms with Crippen molar-refractivity contribution in [1.82, 2.24) is 15.5 Å². The Morgan fingerprint density at radius 2 is 1.52 bits per heavy atom. The van der Waals surface area contributed by atoms with Crippen molar-refractivity contribution in [2.45, 2.75) is 32.9 Å². The molecule has 2 N–H and O–H groups in total. The maximum Gasteiger partial charge on any atom is 0.203 e. The number of benzene rings is 2. The average molecular weight is 571 g/mol. The molecule has 2 aromatic carbocycles. The Kier molecular flexibility index (Phi) is 13.6. The van der Waals surface area contributed by atoms with Crippen molar-refractivity contribution in [3.8, 4) is 17.2 Å². The number of nitrogens with one attached hydrogen (secondary N) is 2. The first kappa shape index (κ1) is 28.8. The van der Waals surface area contributed by atoms with Crippen LogP contribution >= 0.6 is 24.0 Å². The van der Waals surface area contributed by atoms with Crippen LogP contribution in [-0.2, 0) is 13.0 Å². The number of halogens is 1. The lowest BCUT2D eigenvalue weighted by atomic mass is 10.0. The third kappa shape index (κ3) is 8.58. The summed E-state index contributed by atoms with van der Waals surface area (Å²) in [7, 11) is 6.63. The predicted octanol–water partition coefficient (Wildman–Crippen LogP) is 3.95. The summed E-state index contributed by atoms with van der Waals surface area (Å²) in [6.45, 7) is 7.80. The Morgan fingerprint density at radius 1 is 0.909 bits per heavy atom. The van der Waals surface area contributed by atoms with Gasteiger partial charge in [0.15, 0.2) is 17.5 Å². The molecular formula is C25H39IN4O3. The van der Waals surface area contributed by atoms with E-state index in [0.29, 0.717) is 29.8 Å². The first-order chi connectivity index (χ1) is 15.6.